The largest absolute Gasteiger partial charge is 0.550 e. The zero-order valence-corrected chi connectivity index (χ0v) is 16.9. The van der Waals surface area contributed by atoms with Gasteiger partial charge in [0.2, 0.25) is 0 Å². The normalized spacial score (nSPS) is 14.0. The number of carbonyl (C=O) groups is 2. The number of nitrogens with one attached hydrogen (secondary N) is 1. The number of hydrogen-bond acceptors (Lipinski definition) is 5. The summed E-state index contributed by atoms with van der Waals surface area (Å²) in [7, 11) is 0. The zero-order chi connectivity index (χ0) is 21.0. The van der Waals surface area contributed by atoms with Gasteiger partial charge < -0.3 is 24.7 Å². The van der Waals surface area contributed by atoms with E-state index in [0.717, 1.165) is 22.3 Å². The van der Waals surface area contributed by atoms with E-state index in [1.54, 1.807) is 0 Å². The molecule has 2 aromatic carbocycles. The molecule has 0 radical (unpaired) electrons. The highest BCUT2D eigenvalue weighted by atomic mass is 16.5. The summed E-state index contributed by atoms with van der Waals surface area (Å²) >= 11 is 0. The highest BCUT2D eigenvalue weighted by Crippen LogP contribution is 2.44. The Hall–Kier alpha value is -2.86. The number of alkyl carbamates (subject to hydrolysis) is 1. The molecule has 154 valence electrons. The van der Waals surface area contributed by atoms with Crippen LogP contribution in [0.1, 0.15) is 44.2 Å². The monoisotopic (exact) mass is 396 g/mol. The van der Waals surface area contributed by atoms with Crippen LogP contribution < -0.4 is 10.4 Å². The Morgan fingerprint density at radius 3 is 2.10 bits per heavy atom. The number of rotatable bonds is 7. The number of hydrogen-bond donors (Lipinski definition) is 1. The molecule has 0 saturated heterocycles. The Morgan fingerprint density at radius 2 is 1.59 bits per heavy atom. The van der Waals surface area contributed by atoms with Crippen LogP contribution in [0.25, 0.3) is 11.1 Å². The second-order valence-electron chi connectivity index (χ2n) is 8.17. The maximum absolute atomic E-state index is 12.3. The summed E-state index contributed by atoms with van der Waals surface area (Å²) in [6, 6.07) is 15.4. The van der Waals surface area contributed by atoms with Crippen LogP contribution in [0.2, 0.25) is 0 Å². The first-order valence-corrected chi connectivity index (χ1v) is 9.70. The molecule has 6 nitrogen and oxygen atoms in total. The minimum Gasteiger partial charge on any atom is -0.550 e. The molecular weight excluding hydrogens is 370 g/mol. The van der Waals surface area contributed by atoms with E-state index in [9.17, 15) is 14.7 Å². The molecule has 0 bridgehead atoms. The van der Waals surface area contributed by atoms with Gasteiger partial charge >= 0.3 is 6.09 Å². The molecule has 1 aliphatic rings. The maximum atomic E-state index is 12.3. The van der Waals surface area contributed by atoms with E-state index < -0.39 is 23.7 Å². The molecule has 1 atom stereocenters. The molecule has 1 amide bonds. The number of amides is 1. The SMILES string of the molecule is CC(C)(C)OC[C@@H](CC(=O)[O-])NC(=O)OCC1c2ccccc2-c2ccccc21. The van der Waals surface area contributed by atoms with Gasteiger partial charge in [0, 0.05) is 18.3 Å². The number of fused-ring (bicyclic) bond motifs is 3. The lowest BCUT2D eigenvalue weighted by atomic mass is 9.98. The second-order valence-corrected chi connectivity index (χ2v) is 8.17. The van der Waals surface area contributed by atoms with Crippen LogP contribution in [0.15, 0.2) is 48.5 Å². The van der Waals surface area contributed by atoms with Gasteiger partial charge in [-0.1, -0.05) is 48.5 Å². The number of benzene rings is 2. The Kier molecular flexibility index (Phi) is 6.23. The van der Waals surface area contributed by atoms with Crippen molar-refractivity contribution in [3.05, 3.63) is 59.7 Å². The van der Waals surface area contributed by atoms with Crippen molar-refractivity contribution in [3.63, 3.8) is 0 Å². The lowest BCUT2D eigenvalue weighted by Gasteiger charge is -2.25. The van der Waals surface area contributed by atoms with Crippen LogP contribution >= 0.6 is 0 Å². The second kappa shape index (κ2) is 8.66. The van der Waals surface area contributed by atoms with Crippen LogP contribution in [0.4, 0.5) is 4.79 Å². The van der Waals surface area contributed by atoms with Gasteiger partial charge in [0.15, 0.2) is 0 Å². The molecular formula is C23H26NO5-. The van der Waals surface area contributed by atoms with E-state index in [1.807, 2.05) is 57.2 Å². The van der Waals surface area contributed by atoms with E-state index in [0.29, 0.717) is 0 Å². The minimum absolute atomic E-state index is 0.0569. The number of ether oxygens (including phenoxy) is 2. The number of carboxylic acids is 1. The number of aliphatic carboxylic acids is 1. The summed E-state index contributed by atoms with van der Waals surface area (Å²) in [6.45, 7) is 5.79. The third-order valence-electron chi connectivity index (χ3n) is 4.80. The molecule has 0 aromatic heterocycles. The molecule has 0 heterocycles. The van der Waals surface area contributed by atoms with Crippen LogP contribution in [-0.2, 0) is 14.3 Å². The molecule has 1 N–H and O–H groups in total. The van der Waals surface area contributed by atoms with E-state index in [2.05, 4.69) is 17.4 Å². The lowest BCUT2D eigenvalue weighted by Crippen LogP contribution is -2.44. The smallest absolute Gasteiger partial charge is 0.407 e. The standard InChI is InChI=1S/C23H27NO5/c1-23(2,3)29-13-15(12-21(25)26)24-22(27)28-14-20-18-10-6-4-8-16(18)17-9-5-7-11-19(17)20/h4-11,15,20H,12-14H2,1-3H3,(H,24,27)(H,25,26)/p-1/t15-/m1/s1. The van der Waals surface area contributed by atoms with Crippen LogP contribution in [0, 0.1) is 0 Å². The summed E-state index contributed by atoms with van der Waals surface area (Å²) < 4.78 is 11.1. The van der Waals surface area contributed by atoms with Gasteiger partial charge in [-0.2, -0.15) is 0 Å². The Bertz CT molecular complexity index is 841. The Labute approximate surface area is 170 Å². The summed E-state index contributed by atoms with van der Waals surface area (Å²) in [5.41, 5.74) is 4.07. The van der Waals surface area contributed by atoms with Gasteiger partial charge in [-0.05, 0) is 43.0 Å². The van der Waals surface area contributed by atoms with Crippen molar-refractivity contribution in [2.75, 3.05) is 13.2 Å². The molecule has 0 unspecified atom stereocenters. The van der Waals surface area contributed by atoms with Gasteiger partial charge in [0.1, 0.15) is 6.61 Å². The summed E-state index contributed by atoms with van der Waals surface area (Å²) in [4.78, 5) is 23.3. The van der Waals surface area contributed by atoms with Gasteiger partial charge in [-0.3, -0.25) is 0 Å². The fourth-order valence-electron chi connectivity index (χ4n) is 3.51. The van der Waals surface area contributed by atoms with Crippen molar-refractivity contribution in [3.8, 4) is 11.1 Å². The first-order valence-electron chi connectivity index (χ1n) is 9.70. The molecule has 0 aliphatic heterocycles. The van der Waals surface area contributed by atoms with Gasteiger partial charge in [0.25, 0.3) is 0 Å². The van der Waals surface area contributed by atoms with Gasteiger partial charge in [0.05, 0.1) is 18.2 Å². The predicted molar refractivity (Wildman–Crippen MR) is 107 cm³/mol. The van der Waals surface area contributed by atoms with Crippen molar-refractivity contribution in [1.82, 2.24) is 5.32 Å². The third kappa shape index (κ3) is 5.35. The van der Waals surface area contributed by atoms with Crippen molar-refractivity contribution in [2.45, 2.75) is 44.8 Å². The Morgan fingerprint density at radius 1 is 1.03 bits per heavy atom. The molecule has 0 fully saturated rings. The molecule has 0 spiro atoms. The Balaban J connectivity index is 1.64. The first-order chi connectivity index (χ1) is 13.7. The van der Waals surface area contributed by atoms with E-state index >= 15 is 0 Å². The average molecular weight is 396 g/mol. The number of carboxylic acid groups (broad SMARTS) is 1. The van der Waals surface area contributed by atoms with E-state index in [1.165, 1.54) is 0 Å². The maximum Gasteiger partial charge on any atom is 0.407 e. The van der Waals surface area contributed by atoms with Crippen LogP contribution in [0.5, 0.6) is 0 Å². The highest BCUT2D eigenvalue weighted by molar-refractivity contribution is 5.79. The summed E-state index contributed by atoms with van der Waals surface area (Å²) in [5, 5.41) is 13.6. The van der Waals surface area contributed by atoms with E-state index in [-0.39, 0.29) is 25.6 Å². The quantitative estimate of drug-likeness (QED) is 0.778. The van der Waals surface area contributed by atoms with Crippen molar-refractivity contribution < 1.29 is 24.2 Å². The molecule has 0 saturated carbocycles. The molecule has 2 aromatic rings. The van der Waals surface area contributed by atoms with Crippen molar-refractivity contribution in [1.29, 1.82) is 0 Å². The van der Waals surface area contributed by atoms with E-state index in [4.69, 9.17) is 9.47 Å². The topological polar surface area (TPSA) is 87.7 Å². The van der Waals surface area contributed by atoms with Crippen LogP contribution in [-0.4, -0.2) is 36.9 Å². The molecule has 1 aliphatic carbocycles. The molecule has 6 heteroatoms. The fraction of sp³-hybridized carbons (Fsp3) is 0.391. The third-order valence-corrected chi connectivity index (χ3v) is 4.80. The molecule has 29 heavy (non-hydrogen) atoms. The minimum atomic E-state index is -1.26. The fourth-order valence-corrected chi connectivity index (χ4v) is 3.51. The summed E-state index contributed by atoms with van der Waals surface area (Å²) in [6.07, 6.45) is -1.02. The first kappa shape index (κ1) is 20.9. The number of carbonyl (C=O) groups excluding carboxylic acids is 2. The van der Waals surface area contributed by atoms with Gasteiger partial charge in [-0.15, -0.1) is 0 Å². The lowest BCUT2D eigenvalue weighted by molar-refractivity contribution is -0.306. The van der Waals surface area contributed by atoms with Gasteiger partial charge in [-0.25, -0.2) is 4.79 Å². The summed E-state index contributed by atoms with van der Waals surface area (Å²) in [5.74, 6) is -1.31. The molecule has 3 rings (SSSR count). The zero-order valence-electron chi connectivity index (χ0n) is 16.9. The highest BCUT2D eigenvalue weighted by Gasteiger charge is 2.29. The van der Waals surface area contributed by atoms with Crippen molar-refractivity contribution >= 4 is 12.1 Å². The predicted octanol–water partition coefficient (Wildman–Crippen LogP) is 2.85. The average Bonchev–Trinajstić information content (AvgIpc) is 2.97. The van der Waals surface area contributed by atoms with Crippen molar-refractivity contribution in [2.24, 2.45) is 0 Å². The van der Waals surface area contributed by atoms with Crippen LogP contribution in [0.3, 0.4) is 0 Å².